The van der Waals surface area contributed by atoms with Gasteiger partial charge in [-0.25, -0.2) is 4.98 Å². The van der Waals surface area contributed by atoms with Gasteiger partial charge in [-0.05, 0) is 88.3 Å². The molecular formula is C35H40Cl4N10O10PPd-. The minimum Gasteiger partial charge on any atom is -0.394 e. The van der Waals surface area contributed by atoms with Crippen molar-refractivity contribution in [2.24, 2.45) is 0 Å². The first-order chi connectivity index (χ1) is 27.9. The van der Waals surface area contributed by atoms with E-state index < -0.39 is 27.5 Å². The largest absolute Gasteiger partial charge is 0.394 e. The fourth-order valence-corrected chi connectivity index (χ4v) is 3.68. The first kappa shape index (κ1) is 57.8. The molecular weight excluding hydrogens is 1000 g/mol. The Morgan fingerprint density at radius 2 is 1.10 bits per heavy atom. The van der Waals surface area contributed by atoms with Gasteiger partial charge in [-0.3, -0.25) is 43.8 Å². The van der Waals surface area contributed by atoms with Crippen LogP contribution in [-0.4, -0.2) is 74.4 Å². The van der Waals surface area contributed by atoms with Gasteiger partial charge < -0.3 is 54.1 Å². The number of nitrogen functional groups attached to an aromatic ring is 2. The minimum absolute atomic E-state index is 0. The Bertz CT molecular complexity index is 2570. The van der Waals surface area contributed by atoms with E-state index in [1.165, 1.54) is 12.3 Å². The van der Waals surface area contributed by atoms with Gasteiger partial charge in [-0.2, -0.15) is 0 Å². The van der Waals surface area contributed by atoms with Crippen molar-refractivity contribution in [3.05, 3.63) is 180 Å². The number of H-pyrrole nitrogens is 4. The van der Waals surface area contributed by atoms with Crippen molar-refractivity contribution in [1.29, 1.82) is 0 Å². The number of anilines is 2. The number of rotatable bonds is 3. The molecule has 0 saturated heterocycles. The molecule has 7 aromatic rings. The second-order valence-electron chi connectivity index (χ2n) is 10.4. The summed E-state index contributed by atoms with van der Waals surface area (Å²) in [5, 5.41) is 33.2. The number of nitrogens with two attached hydrogens (primary N) is 2. The van der Waals surface area contributed by atoms with Gasteiger partial charge in [0.2, 0.25) is 0 Å². The van der Waals surface area contributed by atoms with E-state index in [1.807, 2.05) is 36.4 Å². The monoisotopic (exact) mass is 1040 g/mol. The molecule has 7 heterocycles. The zero-order valence-corrected chi connectivity index (χ0v) is 36.9. The van der Waals surface area contributed by atoms with Crippen LogP contribution in [-0.2, 0) is 25.0 Å². The van der Waals surface area contributed by atoms with Crippen LogP contribution < -0.4 is 33.7 Å². The number of aliphatic hydroxyl groups is 3. The number of halogens is 4. The number of nitrogens with one attached hydrogen (secondary N) is 4. The first-order valence-corrected chi connectivity index (χ1v) is 20.7. The number of aliphatic hydroxyl groups excluding tert-OH is 3. The second kappa shape index (κ2) is 31.6. The Labute approximate surface area is 380 Å². The molecule has 11 N–H and O–H groups in total. The number of hydrogen-bond acceptors (Lipinski definition) is 15. The van der Waals surface area contributed by atoms with Crippen LogP contribution >= 0.6 is 50.5 Å². The van der Waals surface area contributed by atoms with Gasteiger partial charge in [-0.1, -0.05) is 23.7 Å². The summed E-state index contributed by atoms with van der Waals surface area (Å²) in [5.74, 6) is 0. The minimum atomic E-state index is -3.22. The summed E-state index contributed by atoms with van der Waals surface area (Å²) in [5.41, 5.74) is 10.4. The molecule has 0 aliphatic heterocycles. The normalized spacial score (nSPS) is 9.51. The summed E-state index contributed by atoms with van der Waals surface area (Å²) in [6.45, 7) is -0.729. The summed E-state index contributed by atoms with van der Waals surface area (Å²) in [6.07, 6.45) is 10.1. The molecule has 0 aliphatic rings. The van der Waals surface area contributed by atoms with Crippen LogP contribution in [0.3, 0.4) is 0 Å². The molecule has 334 valence electrons. The number of aromatic nitrogens is 7. The van der Waals surface area contributed by atoms with Crippen molar-refractivity contribution < 1.29 is 46.7 Å². The van der Waals surface area contributed by atoms with E-state index in [0.717, 1.165) is 22.4 Å². The third-order valence-electron chi connectivity index (χ3n) is 6.12. The molecule has 20 nitrogen and oxygen atoms in total. The second-order valence-corrected chi connectivity index (χ2v) is 17.4. The maximum atomic E-state index is 11.1. The zero-order valence-electron chi connectivity index (χ0n) is 31.4. The van der Waals surface area contributed by atoms with E-state index in [-0.39, 0.29) is 70.5 Å². The van der Waals surface area contributed by atoms with Crippen molar-refractivity contribution in [2.75, 3.05) is 24.7 Å². The van der Waals surface area contributed by atoms with E-state index in [2.05, 4.69) is 68.6 Å². The number of nitro groups is 1. The van der Waals surface area contributed by atoms with Crippen molar-refractivity contribution in [3.8, 4) is 0 Å². The van der Waals surface area contributed by atoms with E-state index in [1.54, 1.807) is 61.4 Å². The standard InChI is InChI=1S/C8H5ClN2.C8H6N2O.C5H4N2O3.2C5H6N2O.C3H8O3.CH3.Cl3OP.Pd.H2/c9-8-7-6(3-5-11-8)2-1-4-10-7;11-8-7-6(3-5-10-8)2-1-4-9-7;8-5-4(7(9)10)2-1-3-6-5;2*6-4-2-1-3-7-5(4)8;4-1-3(6)2-5;;1-5(2,3)4;;/h1-5H;1-5H,(H,10,11);1-3H,(H,6,8);2*1-3H,6H2,(H,7,8);3-6H,1-2H2;1H3;;;1H/q;;;;;;-1;;;. The number of aromatic amines is 4. The number of nitrogens with zero attached hydrogens (tertiary/aromatic N) is 4. The number of pyridine rings is 7. The molecule has 7 aromatic heterocycles. The van der Waals surface area contributed by atoms with Gasteiger partial charge >= 0.3 is 16.4 Å². The van der Waals surface area contributed by atoms with Gasteiger partial charge in [0.25, 0.3) is 16.7 Å². The molecule has 0 unspecified atom stereocenters. The average molecular weight is 1040 g/mol. The van der Waals surface area contributed by atoms with Crippen LogP contribution in [0, 0.1) is 17.5 Å². The molecule has 0 spiro atoms. The van der Waals surface area contributed by atoms with E-state index in [4.69, 9.17) is 38.4 Å². The van der Waals surface area contributed by atoms with Gasteiger partial charge in [0.15, 0.2) is 5.15 Å². The van der Waals surface area contributed by atoms with E-state index >= 15 is 0 Å². The molecule has 0 aliphatic carbocycles. The predicted molar refractivity (Wildman–Crippen MR) is 237 cm³/mol. The molecule has 61 heavy (non-hydrogen) atoms. The van der Waals surface area contributed by atoms with Gasteiger partial charge in [0.1, 0.15) is 17.1 Å². The van der Waals surface area contributed by atoms with Crippen molar-refractivity contribution >= 4 is 89.4 Å². The summed E-state index contributed by atoms with van der Waals surface area (Å²) < 4.78 is 9.51. The maximum absolute atomic E-state index is 11.1. The third-order valence-corrected chi connectivity index (χ3v) is 6.40. The Balaban J connectivity index is -0.000000660. The Morgan fingerprint density at radius 3 is 1.44 bits per heavy atom. The van der Waals surface area contributed by atoms with E-state index in [0.29, 0.717) is 10.7 Å². The average Bonchev–Trinajstić information content (AvgIpc) is 3.21. The van der Waals surface area contributed by atoms with Crippen LogP contribution in [0.5, 0.6) is 0 Å². The summed E-state index contributed by atoms with van der Waals surface area (Å²) >= 11 is 19.6. The fraction of sp³-hybridized carbons (Fsp3) is 0.0857. The third kappa shape index (κ3) is 25.2. The van der Waals surface area contributed by atoms with Crippen LogP contribution in [0.4, 0.5) is 17.1 Å². The van der Waals surface area contributed by atoms with Gasteiger partial charge in [0.05, 0.1) is 29.5 Å². The quantitative estimate of drug-likeness (QED) is 0.0273. The van der Waals surface area contributed by atoms with Crippen LogP contribution in [0.25, 0.3) is 21.8 Å². The van der Waals surface area contributed by atoms with Gasteiger partial charge in [0, 0.05) is 82.1 Å². The van der Waals surface area contributed by atoms with Crippen LogP contribution in [0.15, 0.2) is 135 Å². The molecule has 0 saturated carbocycles. The number of fused-ring (bicyclic) bond motifs is 2. The molecule has 0 fully saturated rings. The van der Waals surface area contributed by atoms with Gasteiger partial charge in [-0.15, -0.1) is 0 Å². The van der Waals surface area contributed by atoms with Crippen molar-refractivity contribution in [2.45, 2.75) is 6.10 Å². The van der Waals surface area contributed by atoms with Crippen molar-refractivity contribution in [1.82, 2.24) is 34.9 Å². The molecule has 26 heteroatoms. The summed E-state index contributed by atoms with van der Waals surface area (Å²) in [6, 6.07) is 20.2. The maximum Gasteiger partial charge on any atom is 0.339 e. The predicted octanol–water partition coefficient (Wildman–Crippen LogP) is 5.24. The summed E-state index contributed by atoms with van der Waals surface area (Å²) in [7, 11) is 0. The topological polar surface area (TPSA) is 343 Å². The molecule has 0 radical (unpaired) electrons. The number of hydrogen-bond donors (Lipinski definition) is 9. The van der Waals surface area contributed by atoms with Crippen molar-refractivity contribution in [3.63, 3.8) is 0 Å². The van der Waals surface area contributed by atoms with Crippen LogP contribution in [0.2, 0.25) is 5.15 Å². The first-order valence-electron chi connectivity index (χ1n) is 15.9. The zero-order chi connectivity index (χ0) is 44.4. The molecule has 0 amide bonds. The smallest absolute Gasteiger partial charge is 0.339 e. The molecule has 7 rings (SSSR count). The molecule has 0 aromatic carbocycles. The van der Waals surface area contributed by atoms with Crippen LogP contribution in [0.1, 0.15) is 1.43 Å². The Hall–Kier alpha value is -5.30. The molecule has 0 atom stereocenters. The SMILES string of the molecule is Clc1nccc2cccnc12.Nc1ccc[nH]c1=O.Nc1ccc[nH]c1=O.O=P(Cl)(Cl)Cl.O=c1[nH]ccc2cccnc12.O=c1[nH]cccc1[N+](=O)[O-].OCC(O)CO.[CH3-].[HH].[Pd]. The Kier molecular flexibility index (Phi) is 29.9. The molecule has 0 bridgehead atoms. The summed E-state index contributed by atoms with van der Waals surface area (Å²) in [4.78, 5) is 73.3. The van der Waals surface area contributed by atoms with E-state index in [9.17, 15) is 33.9 Å². The fourth-order valence-electron chi connectivity index (χ4n) is 3.47. The Morgan fingerprint density at radius 1 is 0.672 bits per heavy atom.